The number of fused-ring (bicyclic) bond motifs is 1. The molecule has 2 rings (SSSR count). The average Bonchev–Trinajstić information content (AvgIpc) is 2.64. The number of carbonyl (C=O) groups is 1. The fourth-order valence-electron chi connectivity index (χ4n) is 2.25. The summed E-state index contributed by atoms with van der Waals surface area (Å²) in [6, 6.07) is 7.46. The smallest absolute Gasteiger partial charge is 0.321 e. The van der Waals surface area contributed by atoms with Crippen LogP contribution in [0.15, 0.2) is 29.4 Å². The number of anilines is 1. The van der Waals surface area contributed by atoms with Gasteiger partial charge in [0.05, 0.1) is 11.4 Å². The summed E-state index contributed by atoms with van der Waals surface area (Å²) in [4.78, 5) is 13.9. The number of benzene rings is 1. The molecule has 2 amide bonds. The average molecular weight is 261 g/mol. The van der Waals surface area contributed by atoms with Crippen LogP contribution in [0.1, 0.15) is 31.7 Å². The minimum Gasteiger partial charge on any atom is -0.411 e. The van der Waals surface area contributed by atoms with Gasteiger partial charge in [-0.3, -0.25) is 4.90 Å². The van der Waals surface area contributed by atoms with E-state index < -0.39 is 0 Å². The molecule has 0 fully saturated rings. The predicted molar refractivity (Wildman–Crippen MR) is 75.0 cm³/mol. The Morgan fingerprint density at radius 2 is 2.26 bits per heavy atom. The fraction of sp³-hybridized carbons (Fsp3) is 0.429. The van der Waals surface area contributed by atoms with Crippen molar-refractivity contribution in [3.63, 3.8) is 0 Å². The summed E-state index contributed by atoms with van der Waals surface area (Å²) in [5.41, 5.74) is 2.27. The summed E-state index contributed by atoms with van der Waals surface area (Å²) in [7, 11) is 0. The quantitative estimate of drug-likeness (QED) is 0.635. The molecule has 0 aliphatic carbocycles. The molecule has 0 unspecified atom stereocenters. The summed E-state index contributed by atoms with van der Waals surface area (Å²) in [5.74, 6) is 0. The van der Waals surface area contributed by atoms with E-state index in [1.807, 2.05) is 31.2 Å². The highest BCUT2D eigenvalue weighted by Gasteiger charge is 2.23. The lowest BCUT2D eigenvalue weighted by Gasteiger charge is -2.22. The SMILES string of the molecule is CCCNC(=O)N1CCC/C(=N/O)c2ccccc21. The predicted octanol–water partition coefficient (Wildman–Crippen LogP) is 2.58. The molecule has 0 radical (unpaired) electrons. The van der Waals surface area contributed by atoms with Crippen LogP contribution in [-0.2, 0) is 0 Å². The van der Waals surface area contributed by atoms with Gasteiger partial charge in [-0.25, -0.2) is 4.79 Å². The summed E-state index contributed by atoms with van der Waals surface area (Å²) < 4.78 is 0. The van der Waals surface area contributed by atoms with E-state index in [2.05, 4.69) is 10.5 Å². The van der Waals surface area contributed by atoms with E-state index in [0.717, 1.165) is 24.1 Å². The third kappa shape index (κ3) is 2.86. The number of nitrogens with zero attached hydrogens (tertiary/aromatic N) is 2. The van der Waals surface area contributed by atoms with Crippen LogP contribution < -0.4 is 10.2 Å². The van der Waals surface area contributed by atoms with Crippen LogP contribution in [0.2, 0.25) is 0 Å². The van der Waals surface area contributed by atoms with Crippen LogP contribution >= 0.6 is 0 Å². The first kappa shape index (κ1) is 13.4. The third-order valence-electron chi connectivity index (χ3n) is 3.19. The number of carbonyl (C=O) groups excluding carboxylic acids is 1. The zero-order valence-corrected chi connectivity index (χ0v) is 11.1. The third-order valence-corrected chi connectivity index (χ3v) is 3.19. The van der Waals surface area contributed by atoms with Crippen LogP contribution in [0.5, 0.6) is 0 Å². The van der Waals surface area contributed by atoms with Gasteiger partial charge in [-0.15, -0.1) is 0 Å². The van der Waals surface area contributed by atoms with Gasteiger partial charge in [0.15, 0.2) is 0 Å². The summed E-state index contributed by atoms with van der Waals surface area (Å²) in [5, 5.41) is 15.3. The lowest BCUT2D eigenvalue weighted by atomic mass is 10.1. The molecule has 102 valence electrons. The highest BCUT2D eigenvalue weighted by atomic mass is 16.4. The first-order valence-electron chi connectivity index (χ1n) is 6.63. The maximum Gasteiger partial charge on any atom is 0.321 e. The number of urea groups is 1. The van der Waals surface area contributed by atoms with Crippen molar-refractivity contribution in [2.24, 2.45) is 5.16 Å². The Balaban J connectivity index is 2.33. The molecule has 0 saturated heterocycles. The second-order valence-corrected chi connectivity index (χ2v) is 4.55. The molecule has 1 heterocycles. The molecule has 1 aliphatic rings. The van der Waals surface area contributed by atoms with Gasteiger partial charge in [0, 0.05) is 18.7 Å². The zero-order valence-electron chi connectivity index (χ0n) is 11.1. The van der Waals surface area contributed by atoms with Gasteiger partial charge >= 0.3 is 6.03 Å². The number of hydrogen-bond donors (Lipinski definition) is 2. The minimum atomic E-state index is -0.0894. The van der Waals surface area contributed by atoms with E-state index >= 15 is 0 Å². The maximum atomic E-state index is 12.2. The van der Waals surface area contributed by atoms with Crippen molar-refractivity contribution < 1.29 is 10.0 Å². The van der Waals surface area contributed by atoms with E-state index in [4.69, 9.17) is 5.21 Å². The first-order chi connectivity index (χ1) is 9.27. The summed E-state index contributed by atoms with van der Waals surface area (Å²) >= 11 is 0. The fourth-order valence-corrected chi connectivity index (χ4v) is 2.25. The Labute approximate surface area is 112 Å². The van der Waals surface area contributed by atoms with Crippen molar-refractivity contribution in [3.05, 3.63) is 29.8 Å². The molecule has 19 heavy (non-hydrogen) atoms. The van der Waals surface area contributed by atoms with Crippen LogP contribution in [0.4, 0.5) is 10.5 Å². The molecule has 1 aliphatic heterocycles. The Morgan fingerprint density at radius 3 is 3.00 bits per heavy atom. The van der Waals surface area contributed by atoms with E-state index in [0.29, 0.717) is 25.2 Å². The number of nitrogens with one attached hydrogen (secondary N) is 1. The zero-order chi connectivity index (χ0) is 13.7. The van der Waals surface area contributed by atoms with Gasteiger partial charge in [-0.05, 0) is 25.3 Å². The summed E-state index contributed by atoms with van der Waals surface area (Å²) in [6.45, 7) is 3.32. The first-order valence-corrected chi connectivity index (χ1v) is 6.63. The summed E-state index contributed by atoms with van der Waals surface area (Å²) in [6.07, 6.45) is 2.36. The lowest BCUT2D eigenvalue weighted by molar-refractivity contribution is 0.246. The molecule has 1 aromatic carbocycles. The van der Waals surface area contributed by atoms with Crippen LogP contribution in [-0.4, -0.2) is 30.0 Å². The van der Waals surface area contributed by atoms with Gasteiger partial charge in [0.2, 0.25) is 0 Å². The second kappa shape index (κ2) is 6.22. The van der Waals surface area contributed by atoms with Crippen molar-refractivity contribution in [1.29, 1.82) is 0 Å². The van der Waals surface area contributed by atoms with Crippen molar-refractivity contribution in [3.8, 4) is 0 Å². The molecule has 0 aromatic heterocycles. The van der Waals surface area contributed by atoms with Crippen molar-refractivity contribution in [1.82, 2.24) is 5.32 Å². The van der Waals surface area contributed by atoms with E-state index in [9.17, 15) is 4.79 Å². The highest BCUT2D eigenvalue weighted by molar-refractivity contribution is 6.08. The van der Waals surface area contributed by atoms with Gasteiger partial charge in [-0.1, -0.05) is 30.3 Å². The Bertz CT molecular complexity index is 485. The van der Waals surface area contributed by atoms with E-state index in [1.165, 1.54) is 0 Å². The van der Waals surface area contributed by atoms with Gasteiger partial charge < -0.3 is 10.5 Å². The Kier molecular flexibility index (Phi) is 4.39. The number of hydrogen-bond acceptors (Lipinski definition) is 3. The molecule has 0 saturated carbocycles. The molecule has 0 spiro atoms. The molecular weight excluding hydrogens is 242 g/mol. The molecule has 1 aromatic rings. The topological polar surface area (TPSA) is 64.9 Å². The monoisotopic (exact) mass is 261 g/mol. The van der Waals surface area contributed by atoms with Crippen LogP contribution in [0.25, 0.3) is 0 Å². The number of para-hydroxylation sites is 1. The second-order valence-electron chi connectivity index (χ2n) is 4.55. The standard InChI is InChI=1S/C14H19N3O2/c1-2-9-15-14(18)17-10-5-7-12(16-19)11-6-3-4-8-13(11)17/h3-4,6,8,19H,2,5,7,9-10H2,1H3,(H,15,18)/b16-12-. The molecule has 2 N–H and O–H groups in total. The van der Waals surface area contributed by atoms with Crippen molar-refractivity contribution in [2.45, 2.75) is 26.2 Å². The normalized spacial score (nSPS) is 16.9. The highest BCUT2D eigenvalue weighted by Crippen LogP contribution is 2.26. The minimum absolute atomic E-state index is 0.0894. The Morgan fingerprint density at radius 1 is 1.47 bits per heavy atom. The van der Waals surface area contributed by atoms with E-state index in [-0.39, 0.29) is 6.03 Å². The Hall–Kier alpha value is -2.04. The molecule has 0 bridgehead atoms. The van der Waals surface area contributed by atoms with Crippen LogP contribution in [0, 0.1) is 0 Å². The van der Waals surface area contributed by atoms with Crippen molar-refractivity contribution >= 4 is 17.4 Å². The van der Waals surface area contributed by atoms with Gasteiger partial charge in [-0.2, -0.15) is 0 Å². The molecule has 0 atom stereocenters. The number of rotatable bonds is 2. The maximum absolute atomic E-state index is 12.2. The number of amides is 2. The molecule has 5 nitrogen and oxygen atoms in total. The van der Waals surface area contributed by atoms with Crippen LogP contribution in [0.3, 0.4) is 0 Å². The largest absolute Gasteiger partial charge is 0.411 e. The van der Waals surface area contributed by atoms with Gasteiger partial charge in [0.25, 0.3) is 0 Å². The molecular formula is C14H19N3O2. The number of oxime groups is 1. The lowest BCUT2D eigenvalue weighted by Crippen LogP contribution is -2.40. The van der Waals surface area contributed by atoms with E-state index in [1.54, 1.807) is 4.90 Å². The van der Waals surface area contributed by atoms with Gasteiger partial charge in [0.1, 0.15) is 0 Å². The van der Waals surface area contributed by atoms with Crippen molar-refractivity contribution in [2.75, 3.05) is 18.0 Å². The molecule has 5 heteroatoms.